The number of nitrogens with zero attached hydrogens (tertiary/aromatic N) is 1. The number of esters is 1. The number of carboxylic acid groups (broad SMARTS) is 1. The Hall–Kier alpha value is -3.69. The average Bonchev–Trinajstić information content (AvgIpc) is 3.21. The summed E-state index contributed by atoms with van der Waals surface area (Å²) in [6.07, 6.45) is 2.99. The number of benzene rings is 1. The highest BCUT2D eigenvalue weighted by atomic mass is 16.6. The van der Waals surface area contributed by atoms with Crippen LogP contribution in [0, 0.1) is 0 Å². The van der Waals surface area contributed by atoms with Crippen molar-refractivity contribution in [2.75, 3.05) is 20.2 Å². The molecule has 0 saturated carbocycles. The number of hydrogen-bond donors (Lipinski definition) is 4. The van der Waals surface area contributed by atoms with E-state index in [0.29, 0.717) is 42.9 Å². The van der Waals surface area contributed by atoms with Crippen molar-refractivity contribution in [3.8, 4) is 28.3 Å². The van der Waals surface area contributed by atoms with Gasteiger partial charge >= 0.3 is 11.9 Å². The minimum Gasteiger partial charge on any atom is -0.497 e. The molecule has 0 spiro atoms. The maximum Gasteiger partial charge on any atom is 0.337 e. The van der Waals surface area contributed by atoms with Gasteiger partial charge in [0.2, 0.25) is 0 Å². The number of rotatable bonds is 6. The second-order valence-corrected chi connectivity index (χ2v) is 10.8. The Morgan fingerprint density at radius 1 is 1.16 bits per heavy atom. The molecule has 2 aliphatic rings. The van der Waals surface area contributed by atoms with Gasteiger partial charge in [-0.15, -0.1) is 0 Å². The van der Waals surface area contributed by atoms with E-state index in [9.17, 15) is 14.7 Å². The number of H-pyrrole nitrogens is 1. The normalized spacial score (nSPS) is 16.7. The number of aromatic nitrogens is 2. The Balaban J connectivity index is 1.64. The Bertz CT molecular complexity index is 1370. The molecule has 5 N–H and O–H groups in total. The molecule has 1 aliphatic heterocycles. The SMILES string of the molecule is COc1ccc(-c2cc3c(cn2)CCc2c-3[nH]c(C(C(=O)OC(C)(C)C)C3(N)CNC3)c2C(=O)O)cc1. The van der Waals surface area contributed by atoms with Crippen molar-refractivity contribution in [2.24, 2.45) is 5.73 Å². The van der Waals surface area contributed by atoms with Crippen LogP contribution in [0.4, 0.5) is 0 Å². The van der Waals surface area contributed by atoms with Crippen molar-refractivity contribution in [1.82, 2.24) is 15.3 Å². The predicted octanol–water partition coefficient (Wildman–Crippen LogP) is 3.28. The van der Waals surface area contributed by atoms with Gasteiger partial charge in [0.25, 0.3) is 0 Å². The number of ether oxygens (including phenoxy) is 2. The topological polar surface area (TPSA) is 140 Å². The third-order valence-corrected chi connectivity index (χ3v) is 7.05. The molecule has 1 atom stereocenters. The first-order valence-corrected chi connectivity index (χ1v) is 12.3. The maximum atomic E-state index is 13.5. The van der Waals surface area contributed by atoms with Gasteiger partial charge < -0.3 is 30.6 Å². The van der Waals surface area contributed by atoms with Crippen LogP contribution in [-0.2, 0) is 22.4 Å². The molecule has 0 amide bonds. The summed E-state index contributed by atoms with van der Waals surface area (Å²) in [4.78, 5) is 34.1. The molecule has 3 aromatic rings. The molecule has 1 aliphatic carbocycles. The lowest BCUT2D eigenvalue weighted by atomic mass is 9.76. The fraction of sp³-hybridized carbons (Fsp3) is 0.393. The Kier molecular flexibility index (Phi) is 6.08. The van der Waals surface area contributed by atoms with Crippen molar-refractivity contribution >= 4 is 11.9 Å². The second kappa shape index (κ2) is 9.00. The number of carbonyl (C=O) groups excluding carboxylic acids is 1. The zero-order chi connectivity index (χ0) is 26.5. The van der Waals surface area contributed by atoms with E-state index in [1.54, 1.807) is 27.9 Å². The van der Waals surface area contributed by atoms with Crippen LogP contribution in [-0.4, -0.2) is 58.4 Å². The molecular weight excluding hydrogens is 472 g/mol. The number of carbonyl (C=O) groups is 2. The molecule has 5 rings (SSSR count). The van der Waals surface area contributed by atoms with Gasteiger partial charge in [-0.05, 0) is 75.1 Å². The van der Waals surface area contributed by atoms with Gasteiger partial charge in [-0.1, -0.05) is 0 Å². The molecule has 1 unspecified atom stereocenters. The molecule has 1 fully saturated rings. The van der Waals surface area contributed by atoms with Gasteiger partial charge in [0.15, 0.2) is 0 Å². The van der Waals surface area contributed by atoms with Crippen molar-refractivity contribution in [1.29, 1.82) is 0 Å². The van der Waals surface area contributed by atoms with Gasteiger partial charge in [-0.3, -0.25) is 9.78 Å². The molecule has 194 valence electrons. The van der Waals surface area contributed by atoms with Crippen LogP contribution in [0.25, 0.3) is 22.5 Å². The van der Waals surface area contributed by atoms with Gasteiger partial charge in [-0.2, -0.15) is 0 Å². The number of pyridine rings is 1. The van der Waals surface area contributed by atoms with Crippen LogP contribution in [0.1, 0.15) is 53.9 Å². The van der Waals surface area contributed by atoms with Crippen molar-refractivity contribution in [3.05, 3.63) is 58.9 Å². The average molecular weight is 505 g/mol. The van der Waals surface area contributed by atoms with E-state index < -0.39 is 29.0 Å². The standard InChI is InChI=1S/C28H32N4O5/c1-27(2,3)37-26(35)22(28(29)13-30-14-28)24-21(25(33)34)18-10-7-16-12-31-20(11-19(16)23(18)32-24)15-5-8-17(36-4)9-6-15/h5-6,8-9,11-12,22,30,32H,7,10,13-14,29H2,1-4H3,(H,33,34). The molecule has 1 aromatic carbocycles. The zero-order valence-electron chi connectivity index (χ0n) is 21.5. The summed E-state index contributed by atoms with van der Waals surface area (Å²) in [5, 5.41) is 13.4. The lowest BCUT2D eigenvalue weighted by molar-refractivity contribution is -0.159. The third-order valence-electron chi connectivity index (χ3n) is 7.05. The molecule has 3 heterocycles. The van der Waals surface area contributed by atoms with E-state index in [4.69, 9.17) is 15.2 Å². The molecule has 0 bridgehead atoms. The third kappa shape index (κ3) is 4.49. The number of aromatic carboxylic acids is 1. The first kappa shape index (κ1) is 25.0. The number of nitrogens with two attached hydrogens (primary N) is 1. The fourth-order valence-corrected chi connectivity index (χ4v) is 5.21. The van der Waals surface area contributed by atoms with Gasteiger partial charge in [0, 0.05) is 36.1 Å². The number of hydrogen-bond acceptors (Lipinski definition) is 7. The van der Waals surface area contributed by atoms with Crippen LogP contribution in [0.5, 0.6) is 5.75 Å². The molecule has 9 nitrogen and oxygen atoms in total. The van der Waals surface area contributed by atoms with Crippen LogP contribution in [0.15, 0.2) is 36.5 Å². The van der Waals surface area contributed by atoms with Crippen LogP contribution < -0.4 is 15.8 Å². The van der Waals surface area contributed by atoms with E-state index >= 15 is 0 Å². The van der Waals surface area contributed by atoms with E-state index in [1.807, 2.05) is 36.5 Å². The number of fused-ring (bicyclic) bond motifs is 3. The molecule has 0 radical (unpaired) electrons. The van der Waals surface area contributed by atoms with E-state index in [0.717, 1.165) is 28.1 Å². The summed E-state index contributed by atoms with van der Waals surface area (Å²) >= 11 is 0. The van der Waals surface area contributed by atoms with Crippen LogP contribution >= 0.6 is 0 Å². The predicted molar refractivity (Wildman–Crippen MR) is 139 cm³/mol. The molecule has 1 saturated heterocycles. The largest absolute Gasteiger partial charge is 0.497 e. The zero-order valence-corrected chi connectivity index (χ0v) is 21.5. The highest BCUT2D eigenvalue weighted by molar-refractivity contribution is 5.97. The summed E-state index contributed by atoms with van der Waals surface area (Å²) in [5.41, 5.74) is 10.3. The van der Waals surface area contributed by atoms with E-state index in [-0.39, 0.29) is 5.56 Å². The minimum atomic E-state index is -1.09. The van der Waals surface area contributed by atoms with Crippen molar-refractivity contribution < 1.29 is 24.2 Å². The van der Waals surface area contributed by atoms with Gasteiger partial charge in [0.1, 0.15) is 17.3 Å². The lowest BCUT2D eigenvalue weighted by Crippen LogP contribution is -2.70. The summed E-state index contributed by atoms with van der Waals surface area (Å²) in [7, 11) is 1.62. The number of nitrogens with one attached hydrogen (secondary N) is 2. The summed E-state index contributed by atoms with van der Waals surface area (Å²) in [5.74, 6) is -1.84. The number of methoxy groups -OCH3 is 1. The Morgan fingerprint density at radius 3 is 2.43 bits per heavy atom. The number of carboxylic acids is 1. The molecule has 37 heavy (non-hydrogen) atoms. The second-order valence-electron chi connectivity index (χ2n) is 10.8. The summed E-state index contributed by atoms with van der Waals surface area (Å²) in [6.45, 7) is 6.10. The van der Waals surface area contributed by atoms with Crippen LogP contribution in [0.2, 0.25) is 0 Å². The van der Waals surface area contributed by atoms with Crippen molar-refractivity contribution in [2.45, 2.75) is 50.7 Å². The van der Waals surface area contributed by atoms with Crippen molar-refractivity contribution in [3.63, 3.8) is 0 Å². The number of aromatic amines is 1. The number of aryl methyl sites for hydroxylation is 1. The molecular formula is C28H32N4O5. The Labute approximate surface area is 215 Å². The Morgan fingerprint density at radius 2 is 1.86 bits per heavy atom. The van der Waals surface area contributed by atoms with E-state index in [2.05, 4.69) is 15.3 Å². The molecule has 2 aromatic heterocycles. The quantitative estimate of drug-likeness (QED) is 0.375. The first-order valence-electron chi connectivity index (χ1n) is 12.3. The first-order chi connectivity index (χ1) is 17.5. The van der Waals surface area contributed by atoms with Crippen LogP contribution in [0.3, 0.4) is 0 Å². The van der Waals surface area contributed by atoms with Gasteiger partial charge in [-0.25, -0.2) is 4.79 Å². The molecule has 9 heteroatoms. The smallest absolute Gasteiger partial charge is 0.337 e. The van der Waals surface area contributed by atoms with Gasteiger partial charge in [0.05, 0.1) is 29.6 Å². The summed E-state index contributed by atoms with van der Waals surface area (Å²) < 4.78 is 11.0. The monoisotopic (exact) mass is 504 g/mol. The fourth-order valence-electron chi connectivity index (χ4n) is 5.21. The summed E-state index contributed by atoms with van der Waals surface area (Å²) in [6, 6.07) is 9.57. The van der Waals surface area contributed by atoms with E-state index in [1.165, 1.54) is 0 Å². The minimum absolute atomic E-state index is 0.107. The lowest BCUT2D eigenvalue weighted by Gasteiger charge is -2.44. The maximum absolute atomic E-state index is 13.5. The highest BCUT2D eigenvalue weighted by Crippen LogP contribution is 2.42. The highest BCUT2D eigenvalue weighted by Gasteiger charge is 2.50.